The Labute approximate surface area is 48.9 Å². The first-order chi connectivity index (χ1) is 4.16. The summed E-state index contributed by atoms with van der Waals surface area (Å²) in [5.41, 5.74) is 7.55. The van der Waals surface area contributed by atoms with Gasteiger partial charge >= 0.3 is 12.1 Å². The molecule has 3 amide bonds. The van der Waals surface area contributed by atoms with E-state index in [0.717, 1.165) is 0 Å². The van der Waals surface area contributed by atoms with Crippen LogP contribution in [0.25, 0.3) is 10.4 Å². The third-order valence-corrected chi connectivity index (χ3v) is 0.349. The van der Waals surface area contributed by atoms with Crippen LogP contribution in [0.5, 0.6) is 0 Å². The fourth-order valence-corrected chi connectivity index (χ4v) is 0.157. The first-order valence-corrected chi connectivity index (χ1v) is 1.76. The first kappa shape index (κ1) is 7.25. The highest BCUT2D eigenvalue weighted by Gasteiger charge is 1.99. The Balaban J connectivity index is 3.78. The van der Waals surface area contributed by atoms with Gasteiger partial charge in [0.15, 0.2) is 0 Å². The van der Waals surface area contributed by atoms with Gasteiger partial charge in [0, 0.05) is 10.0 Å². The molecule has 0 saturated heterocycles. The first-order valence-electron chi connectivity index (χ1n) is 1.76. The zero-order valence-corrected chi connectivity index (χ0v) is 4.11. The van der Waals surface area contributed by atoms with Crippen molar-refractivity contribution in [1.29, 1.82) is 0 Å². The van der Waals surface area contributed by atoms with Crippen LogP contribution in [-0.4, -0.2) is 17.2 Å². The number of hydrogen-bond donors (Lipinski definition) is 2. The minimum Gasteiger partial charge on any atom is -0.465 e. The Morgan fingerprint density at radius 3 is 2.56 bits per heavy atom. The van der Waals surface area contributed by atoms with Crippen molar-refractivity contribution in [2.45, 2.75) is 0 Å². The molecule has 0 aliphatic heterocycles. The second-order valence-corrected chi connectivity index (χ2v) is 0.925. The predicted octanol–water partition coefficient (Wildman–Crippen LogP) is 0.684. The second kappa shape index (κ2) is 3.28. The molecular formula is C2H2N4O3. The van der Waals surface area contributed by atoms with Crippen LogP contribution < -0.4 is 5.32 Å². The molecule has 0 aliphatic rings. The van der Waals surface area contributed by atoms with Crippen LogP contribution in [0.2, 0.25) is 0 Å². The minimum atomic E-state index is -1.55. The molecular weight excluding hydrogens is 128 g/mol. The molecule has 0 aromatic heterocycles. The number of carbonyl (C=O) groups is 2. The van der Waals surface area contributed by atoms with Gasteiger partial charge in [0.1, 0.15) is 0 Å². The number of imide groups is 1. The number of carbonyl (C=O) groups excluding carboxylic acids is 1. The Morgan fingerprint density at radius 2 is 2.22 bits per heavy atom. The van der Waals surface area contributed by atoms with Crippen LogP contribution in [0.4, 0.5) is 9.59 Å². The minimum absolute atomic E-state index is 1.23. The van der Waals surface area contributed by atoms with Crippen molar-refractivity contribution < 1.29 is 14.7 Å². The molecule has 48 valence electrons. The third-order valence-electron chi connectivity index (χ3n) is 0.349. The smallest absolute Gasteiger partial charge is 0.411 e. The summed E-state index contributed by atoms with van der Waals surface area (Å²) in [5, 5.41) is 11.5. The monoisotopic (exact) mass is 130 g/mol. The van der Waals surface area contributed by atoms with E-state index in [2.05, 4.69) is 5.11 Å². The summed E-state index contributed by atoms with van der Waals surface area (Å²) in [5.74, 6) is 0. The molecule has 7 heteroatoms. The highest BCUT2D eigenvalue weighted by atomic mass is 16.4. The number of rotatable bonds is 0. The van der Waals surface area contributed by atoms with E-state index in [1.54, 1.807) is 0 Å². The van der Waals surface area contributed by atoms with E-state index in [-0.39, 0.29) is 0 Å². The topological polar surface area (TPSA) is 115 Å². The van der Waals surface area contributed by atoms with E-state index >= 15 is 0 Å². The van der Waals surface area contributed by atoms with Gasteiger partial charge in [-0.15, -0.1) is 0 Å². The number of urea groups is 1. The zero-order chi connectivity index (χ0) is 7.28. The lowest BCUT2D eigenvalue weighted by Crippen LogP contribution is -2.24. The molecule has 9 heavy (non-hydrogen) atoms. The Kier molecular flexibility index (Phi) is 2.64. The van der Waals surface area contributed by atoms with Gasteiger partial charge in [-0.1, -0.05) is 0 Å². The van der Waals surface area contributed by atoms with E-state index in [9.17, 15) is 9.59 Å². The van der Waals surface area contributed by atoms with E-state index in [1.807, 2.05) is 4.91 Å². The van der Waals surface area contributed by atoms with Gasteiger partial charge < -0.3 is 5.11 Å². The van der Waals surface area contributed by atoms with Gasteiger partial charge in [-0.25, -0.2) is 4.79 Å². The lowest BCUT2D eigenvalue weighted by Gasteiger charge is -1.86. The van der Waals surface area contributed by atoms with Gasteiger partial charge in [0.05, 0.1) is 0 Å². The van der Waals surface area contributed by atoms with E-state index < -0.39 is 12.1 Å². The third kappa shape index (κ3) is 4.10. The van der Waals surface area contributed by atoms with Gasteiger partial charge in [0.2, 0.25) is 0 Å². The molecule has 0 bridgehead atoms. The second-order valence-electron chi connectivity index (χ2n) is 0.925. The van der Waals surface area contributed by atoms with Gasteiger partial charge in [0.25, 0.3) is 0 Å². The molecule has 0 unspecified atom stereocenters. The largest absolute Gasteiger partial charge is 0.465 e. The maximum Gasteiger partial charge on any atom is 0.411 e. The zero-order valence-electron chi connectivity index (χ0n) is 4.11. The summed E-state index contributed by atoms with van der Waals surface area (Å²) in [7, 11) is 0. The normalized spacial score (nSPS) is 7.11. The van der Waals surface area contributed by atoms with Gasteiger partial charge in [-0.05, 0) is 5.53 Å². The van der Waals surface area contributed by atoms with Crippen molar-refractivity contribution in [3.8, 4) is 0 Å². The van der Waals surface area contributed by atoms with Crippen LogP contribution in [0, 0.1) is 0 Å². The maximum absolute atomic E-state index is 9.94. The van der Waals surface area contributed by atoms with Crippen molar-refractivity contribution in [3.63, 3.8) is 0 Å². The molecule has 0 aromatic rings. The molecule has 0 spiro atoms. The summed E-state index contributed by atoms with van der Waals surface area (Å²) in [6.07, 6.45) is -1.55. The van der Waals surface area contributed by atoms with Gasteiger partial charge in [-0.2, -0.15) is 0 Å². The Morgan fingerprint density at radius 1 is 1.67 bits per heavy atom. The molecule has 0 atom stereocenters. The number of hydrogen-bond acceptors (Lipinski definition) is 2. The fraction of sp³-hybridized carbons (Fsp3) is 0. The summed E-state index contributed by atoms with van der Waals surface area (Å²) in [4.78, 5) is 21.5. The van der Waals surface area contributed by atoms with Crippen LogP contribution in [0.15, 0.2) is 5.11 Å². The van der Waals surface area contributed by atoms with Gasteiger partial charge in [-0.3, -0.25) is 10.1 Å². The van der Waals surface area contributed by atoms with Crippen LogP contribution in [-0.2, 0) is 0 Å². The SMILES string of the molecule is [N-]=[N+]=NC(=O)NC(=O)O. The highest BCUT2D eigenvalue weighted by Crippen LogP contribution is 1.72. The summed E-state index contributed by atoms with van der Waals surface area (Å²) >= 11 is 0. The number of nitrogens with one attached hydrogen (secondary N) is 1. The molecule has 0 aliphatic carbocycles. The molecule has 0 radical (unpaired) electrons. The van der Waals surface area contributed by atoms with E-state index in [1.165, 1.54) is 5.32 Å². The number of carboxylic acid groups (broad SMARTS) is 1. The lowest BCUT2D eigenvalue weighted by molar-refractivity contribution is 0.193. The average molecular weight is 130 g/mol. The molecule has 2 N–H and O–H groups in total. The molecule has 0 aromatic carbocycles. The van der Waals surface area contributed by atoms with Crippen molar-refractivity contribution in [1.82, 2.24) is 5.32 Å². The van der Waals surface area contributed by atoms with Crippen molar-refractivity contribution in [3.05, 3.63) is 10.4 Å². The van der Waals surface area contributed by atoms with E-state index in [0.29, 0.717) is 0 Å². The molecule has 0 fully saturated rings. The molecule has 0 saturated carbocycles. The average Bonchev–Trinajstić information content (AvgIpc) is 1.63. The van der Waals surface area contributed by atoms with Crippen molar-refractivity contribution >= 4 is 12.1 Å². The molecule has 7 nitrogen and oxygen atoms in total. The van der Waals surface area contributed by atoms with Crippen LogP contribution in [0.3, 0.4) is 0 Å². The fourth-order valence-electron chi connectivity index (χ4n) is 0.157. The quantitative estimate of drug-likeness (QED) is 0.285. The Bertz CT molecular complexity index is 180. The maximum atomic E-state index is 9.94. The summed E-state index contributed by atoms with van der Waals surface area (Å²) in [6.45, 7) is 0. The molecule has 0 rings (SSSR count). The number of azide groups is 1. The van der Waals surface area contributed by atoms with E-state index in [4.69, 9.17) is 10.6 Å². The Hall–Kier alpha value is -1.75. The standard InChI is InChI=1S/C2H2N4O3/c3-6-5-1(7)4-2(8)9/h(H,4,7)(H,8,9). The van der Waals surface area contributed by atoms with Crippen LogP contribution >= 0.6 is 0 Å². The number of nitrogens with zero attached hydrogens (tertiary/aromatic N) is 3. The summed E-state index contributed by atoms with van der Waals surface area (Å²) < 4.78 is 0. The lowest BCUT2D eigenvalue weighted by atomic mass is 11.0. The predicted molar refractivity (Wildman–Crippen MR) is 25.7 cm³/mol. The van der Waals surface area contributed by atoms with Crippen molar-refractivity contribution in [2.75, 3.05) is 0 Å². The summed E-state index contributed by atoms with van der Waals surface area (Å²) in [6, 6.07) is -1.23. The highest BCUT2D eigenvalue weighted by molar-refractivity contribution is 5.90. The van der Waals surface area contributed by atoms with Crippen LogP contribution in [0.1, 0.15) is 0 Å². The van der Waals surface area contributed by atoms with Crippen molar-refractivity contribution in [2.24, 2.45) is 5.11 Å². The number of amides is 3. The molecule has 0 heterocycles.